The number of hydrogen-bond donors (Lipinski definition) is 2. The minimum Gasteiger partial charge on any atom is -0.348 e. The molecule has 25 heavy (non-hydrogen) atoms. The zero-order valence-electron chi connectivity index (χ0n) is 14.2. The number of halogens is 2. The van der Waals surface area contributed by atoms with Crippen LogP contribution in [0.4, 0.5) is 10.8 Å². The number of amides is 1. The molecule has 1 atom stereocenters. The van der Waals surface area contributed by atoms with Gasteiger partial charge in [0.1, 0.15) is 0 Å². The highest BCUT2D eigenvalue weighted by molar-refractivity contribution is 7.22. The van der Waals surface area contributed by atoms with E-state index in [1.54, 1.807) is 11.3 Å². The molecule has 4 rings (SSSR count). The maximum absolute atomic E-state index is 12.3. The van der Waals surface area contributed by atoms with Crippen molar-refractivity contribution < 1.29 is 4.79 Å². The van der Waals surface area contributed by atoms with Crippen LogP contribution in [0.3, 0.4) is 0 Å². The van der Waals surface area contributed by atoms with Gasteiger partial charge in [0.05, 0.1) is 10.2 Å². The van der Waals surface area contributed by atoms with Crippen molar-refractivity contribution in [2.75, 3.05) is 36.4 Å². The predicted molar refractivity (Wildman–Crippen MR) is 110 cm³/mol. The molecule has 1 aromatic carbocycles. The van der Waals surface area contributed by atoms with Gasteiger partial charge in [0.15, 0.2) is 5.13 Å². The SMILES string of the molecule is CC(C(=O)Nc1ccc2nc(N3CCCC3)sc2c1)C1CNC1.Cl.Cl. The van der Waals surface area contributed by atoms with Gasteiger partial charge in [-0.2, -0.15) is 0 Å². The second-order valence-electron chi connectivity index (χ2n) is 6.57. The molecule has 2 aliphatic heterocycles. The van der Waals surface area contributed by atoms with Crippen LogP contribution in [-0.4, -0.2) is 37.1 Å². The number of carbonyl (C=O) groups is 1. The van der Waals surface area contributed by atoms with Gasteiger partial charge in [-0.3, -0.25) is 4.79 Å². The zero-order chi connectivity index (χ0) is 15.8. The average molecular weight is 403 g/mol. The standard InChI is InChI=1S/C17H22N4OS.2ClH/c1-11(12-9-18-10-12)16(22)19-13-4-5-14-15(8-13)23-17(20-14)21-6-2-3-7-21;;/h4-5,8,11-12,18H,2-3,6-7,9-10H2,1H3,(H,19,22);2*1H. The number of carbonyl (C=O) groups excluding carboxylic acids is 1. The first-order valence-corrected chi connectivity index (χ1v) is 9.19. The van der Waals surface area contributed by atoms with E-state index in [9.17, 15) is 4.79 Å². The number of nitrogens with one attached hydrogen (secondary N) is 2. The number of thiazole rings is 1. The van der Waals surface area contributed by atoms with E-state index >= 15 is 0 Å². The van der Waals surface area contributed by atoms with E-state index in [0.717, 1.165) is 47.2 Å². The summed E-state index contributed by atoms with van der Waals surface area (Å²) in [5.74, 6) is 0.623. The van der Waals surface area contributed by atoms with E-state index in [4.69, 9.17) is 4.98 Å². The smallest absolute Gasteiger partial charge is 0.227 e. The third-order valence-electron chi connectivity index (χ3n) is 4.95. The summed E-state index contributed by atoms with van der Waals surface area (Å²) in [6, 6.07) is 6.02. The summed E-state index contributed by atoms with van der Waals surface area (Å²) in [6.45, 7) is 6.12. The van der Waals surface area contributed by atoms with Crippen molar-refractivity contribution in [1.29, 1.82) is 0 Å². The molecule has 1 aromatic heterocycles. The predicted octanol–water partition coefficient (Wildman–Crippen LogP) is 3.53. The maximum atomic E-state index is 12.3. The fourth-order valence-corrected chi connectivity index (χ4v) is 4.23. The molecule has 0 saturated carbocycles. The zero-order valence-corrected chi connectivity index (χ0v) is 16.6. The Bertz CT molecular complexity index is 729. The lowest BCUT2D eigenvalue weighted by Crippen LogP contribution is -2.48. The van der Waals surface area contributed by atoms with Crippen molar-refractivity contribution >= 4 is 63.1 Å². The Hall–Kier alpha value is -1.08. The maximum Gasteiger partial charge on any atom is 0.227 e. The highest BCUT2D eigenvalue weighted by atomic mass is 35.5. The highest BCUT2D eigenvalue weighted by Gasteiger charge is 2.28. The van der Waals surface area contributed by atoms with Crippen LogP contribution in [0.15, 0.2) is 18.2 Å². The van der Waals surface area contributed by atoms with Gasteiger partial charge in [-0.05, 0) is 50.0 Å². The molecule has 2 fully saturated rings. The molecule has 5 nitrogen and oxygen atoms in total. The topological polar surface area (TPSA) is 57.3 Å². The van der Waals surface area contributed by atoms with E-state index in [2.05, 4.69) is 21.6 Å². The Labute approximate surface area is 164 Å². The van der Waals surface area contributed by atoms with Crippen LogP contribution in [0, 0.1) is 11.8 Å². The Morgan fingerprint density at radius 2 is 2.04 bits per heavy atom. The summed E-state index contributed by atoms with van der Waals surface area (Å²) >= 11 is 1.72. The lowest BCUT2D eigenvalue weighted by molar-refractivity contribution is -0.121. The minimum atomic E-state index is 0. The van der Waals surface area contributed by atoms with Crippen LogP contribution in [-0.2, 0) is 4.79 Å². The molecule has 1 amide bonds. The molecule has 2 N–H and O–H groups in total. The van der Waals surface area contributed by atoms with Crippen LogP contribution >= 0.6 is 36.2 Å². The largest absolute Gasteiger partial charge is 0.348 e. The molecule has 2 aliphatic rings. The molecule has 138 valence electrons. The molecule has 2 saturated heterocycles. The number of anilines is 2. The van der Waals surface area contributed by atoms with E-state index < -0.39 is 0 Å². The van der Waals surface area contributed by atoms with Crippen LogP contribution in [0.1, 0.15) is 19.8 Å². The van der Waals surface area contributed by atoms with Crippen LogP contribution in [0.5, 0.6) is 0 Å². The third-order valence-corrected chi connectivity index (χ3v) is 6.03. The van der Waals surface area contributed by atoms with Gasteiger partial charge in [0.2, 0.25) is 5.91 Å². The second-order valence-corrected chi connectivity index (χ2v) is 7.58. The van der Waals surface area contributed by atoms with Crippen molar-refractivity contribution in [3.05, 3.63) is 18.2 Å². The van der Waals surface area contributed by atoms with E-state index in [1.165, 1.54) is 12.8 Å². The Morgan fingerprint density at radius 1 is 1.32 bits per heavy atom. The fraction of sp³-hybridized carbons (Fsp3) is 0.529. The number of fused-ring (bicyclic) bond motifs is 1. The van der Waals surface area contributed by atoms with Crippen LogP contribution < -0.4 is 15.5 Å². The summed E-state index contributed by atoms with van der Waals surface area (Å²) in [5.41, 5.74) is 1.89. The van der Waals surface area contributed by atoms with Crippen molar-refractivity contribution in [2.45, 2.75) is 19.8 Å². The summed E-state index contributed by atoms with van der Waals surface area (Å²) in [7, 11) is 0. The molecule has 0 radical (unpaired) electrons. The summed E-state index contributed by atoms with van der Waals surface area (Å²) < 4.78 is 1.14. The van der Waals surface area contributed by atoms with Gasteiger partial charge in [-0.15, -0.1) is 24.8 Å². The molecule has 3 heterocycles. The minimum absolute atomic E-state index is 0. The summed E-state index contributed by atoms with van der Waals surface area (Å²) in [6.07, 6.45) is 2.51. The highest BCUT2D eigenvalue weighted by Crippen LogP contribution is 2.32. The number of benzene rings is 1. The van der Waals surface area contributed by atoms with Gasteiger partial charge in [-0.1, -0.05) is 18.3 Å². The Kier molecular flexibility index (Phi) is 6.91. The van der Waals surface area contributed by atoms with Gasteiger partial charge < -0.3 is 15.5 Å². The lowest BCUT2D eigenvalue weighted by atomic mass is 9.88. The molecule has 2 aromatic rings. The molecule has 0 bridgehead atoms. The molecule has 8 heteroatoms. The Morgan fingerprint density at radius 3 is 2.68 bits per heavy atom. The van der Waals surface area contributed by atoms with E-state index in [-0.39, 0.29) is 36.6 Å². The van der Waals surface area contributed by atoms with Crippen molar-refractivity contribution in [3.8, 4) is 0 Å². The monoisotopic (exact) mass is 402 g/mol. The number of aromatic nitrogens is 1. The summed E-state index contributed by atoms with van der Waals surface area (Å²) in [4.78, 5) is 19.4. The number of hydrogen-bond acceptors (Lipinski definition) is 5. The third kappa shape index (κ3) is 4.19. The van der Waals surface area contributed by atoms with Crippen LogP contribution in [0.25, 0.3) is 10.2 Å². The fourth-order valence-electron chi connectivity index (χ4n) is 3.17. The first-order valence-electron chi connectivity index (χ1n) is 8.38. The van der Waals surface area contributed by atoms with Gasteiger partial charge >= 0.3 is 0 Å². The first-order chi connectivity index (χ1) is 11.2. The Balaban J connectivity index is 0.00000113. The van der Waals surface area contributed by atoms with Gasteiger partial charge in [0, 0.05) is 24.7 Å². The van der Waals surface area contributed by atoms with Crippen molar-refractivity contribution in [3.63, 3.8) is 0 Å². The summed E-state index contributed by atoms with van der Waals surface area (Å²) in [5, 5.41) is 7.39. The van der Waals surface area contributed by atoms with Crippen LogP contribution in [0.2, 0.25) is 0 Å². The normalized spacial score (nSPS) is 18.2. The van der Waals surface area contributed by atoms with E-state index in [1.807, 2.05) is 19.1 Å². The quantitative estimate of drug-likeness (QED) is 0.820. The number of nitrogens with zero attached hydrogens (tertiary/aromatic N) is 2. The molecule has 0 spiro atoms. The molecular formula is C17H24Cl2N4OS. The second kappa shape index (κ2) is 8.54. The molecule has 0 aliphatic carbocycles. The molecular weight excluding hydrogens is 379 g/mol. The average Bonchev–Trinajstić information content (AvgIpc) is 3.13. The first kappa shape index (κ1) is 20.2. The van der Waals surface area contributed by atoms with Crippen molar-refractivity contribution in [2.24, 2.45) is 11.8 Å². The lowest BCUT2D eigenvalue weighted by Gasteiger charge is -2.31. The number of rotatable bonds is 4. The molecule has 1 unspecified atom stereocenters. The van der Waals surface area contributed by atoms with Gasteiger partial charge in [0.25, 0.3) is 0 Å². The van der Waals surface area contributed by atoms with Gasteiger partial charge in [-0.25, -0.2) is 4.98 Å². The van der Waals surface area contributed by atoms with E-state index in [0.29, 0.717) is 5.92 Å². The van der Waals surface area contributed by atoms with Crippen molar-refractivity contribution in [1.82, 2.24) is 10.3 Å².